The van der Waals surface area contributed by atoms with Gasteiger partial charge in [-0.25, -0.2) is 0 Å². The third kappa shape index (κ3) is 5.76. The number of alkyl halides is 3. The predicted molar refractivity (Wildman–Crippen MR) is 73.1 cm³/mol. The van der Waals surface area contributed by atoms with Crippen molar-refractivity contribution in [2.45, 2.75) is 6.18 Å². The van der Waals surface area contributed by atoms with Gasteiger partial charge in [0.1, 0.15) is 6.54 Å². The second-order valence-corrected chi connectivity index (χ2v) is 6.50. The largest absolute Gasteiger partial charge is 0.405 e. The fourth-order valence-electron chi connectivity index (χ4n) is 1.18. The molecule has 1 aromatic heterocycles. The van der Waals surface area contributed by atoms with Gasteiger partial charge >= 0.3 is 6.18 Å². The standard InChI is InChI=1S/C10H10F3IN2O2S/c1-16(3-8(17)15-5-10(11,12)13)9(18)6-2-7(14)19-4-6/h2,4H,3,5H2,1H3,(H,15,17). The smallest absolute Gasteiger partial charge is 0.345 e. The summed E-state index contributed by atoms with van der Waals surface area (Å²) in [6.45, 7) is -1.81. The molecule has 1 N–H and O–H groups in total. The van der Waals surface area contributed by atoms with Gasteiger partial charge in [0.2, 0.25) is 5.91 Å². The first kappa shape index (κ1) is 16.2. The maximum atomic E-state index is 11.9. The summed E-state index contributed by atoms with van der Waals surface area (Å²) < 4.78 is 36.6. The van der Waals surface area contributed by atoms with E-state index in [1.54, 1.807) is 16.8 Å². The normalized spacial score (nSPS) is 11.2. The number of carbonyl (C=O) groups excluding carboxylic acids is 2. The minimum Gasteiger partial charge on any atom is -0.345 e. The number of nitrogens with one attached hydrogen (secondary N) is 1. The average molecular weight is 406 g/mol. The van der Waals surface area contributed by atoms with E-state index in [-0.39, 0.29) is 0 Å². The van der Waals surface area contributed by atoms with Crippen LogP contribution in [0.1, 0.15) is 10.4 Å². The van der Waals surface area contributed by atoms with Crippen LogP contribution in [0, 0.1) is 2.88 Å². The van der Waals surface area contributed by atoms with Gasteiger partial charge < -0.3 is 10.2 Å². The Morgan fingerprint density at radius 3 is 2.58 bits per heavy atom. The van der Waals surface area contributed by atoms with Gasteiger partial charge in [0.05, 0.1) is 15.0 Å². The molecule has 4 nitrogen and oxygen atoms in total. The fourth-order valence-corrected chi connectivity index (χ4v) is 2.50. The van der Waals surface area contributed by atoms with Gasteiger partial charge in [-0.05, 0) is 28.7 Å². The minimum atomic E-state index is -4.46. The fraction of sp³-hybridized carbons (Fsp3) is 0.400. The predicted octanol–water partition coefficient (Wildman–Crippen LogP) is 2.10. The number of halogens is 4. The van der Waals surface area contributed by atoms with Crippen LogP contribution in [0.2, 0.25) is 0 Å². The Morgan fingerprint density at radius 1 is 1.47 bits per heavy atom. The summed E-state index contributed by atoms with van der Waals surface area (Å²) in [7, 11) is 1.36. The number of likely N-dealkylation sites (N-methyl/N-ethyl adjacent to an activating group) is 1. The first-order valence-electron chi connectivity index (χ1n) is 5.02. The van der Waals surface area contributed by atoms with Crippen molar-refractivity contribution in [3.8, 4) is 0 Å². The number of hydrogen-bond acceptors (Lipinski definition) is 3. The maximum absolute atomic E-state index is 11.9. The molecule has 0 bridgehead atoms. The summed E-state index contributed by atoms with van der Waals surface area (Å²) in [4.78, 5) is 24.1. The number of thiophene rings is 1. The molecule has 1 heterocycles. The molecule has 0 aliphatic rings. The van der Waals surface area contributed by atoms with Crippen LogP contribution in [0.4, 0.5) is 13.2 Å². The Kier molecular flexibility index (Phi) is 5.59. The van der Waals surface area contributed by atoms with Gasteiger partial charge in [-0.1, -0.05) is 0 Å². The topological polar surface area (TPSA) is 49.4 Å². The molecule has 0 aromatic carbocycles. The summed E-state index contributed by atoms with van der Waals surface area (Å²) in [5.41, 5.74) is 0.417. The quantitative estimate of drug-likeness (QED) is 0.779. The third-order valence-electron chi connectivity index (χ3n) is 2.03. The SMILES string of the molecule is CN(CC(=O)NCC(F)(F)F)C(=O)c1csc(I)c1. The molecule has 1 rings (SSSR count). The second-order valence-electron chi connectivity index (χ2n) is 3.69. The van der Waals surface area contributed by atoms with E-state index in [1.807, 2.05) is 22.6 Å². The molecule has 0 atom stereocenters. The molecule has 0 aliphatic carbocycles. The van der Waals surface area contributed by atoms with Crippen LogP contribution in [0.25, 0.3) is 0 Å². The number of amides is 2. The van der Waals surface area contributed by atoms with Crippen LogP contribution in [0.5, 0.6) is 0 Å². The van der Waals surface area contributed by atoms with Gasteiger partial charge in [0, 0.05) is 12.4 Å². The molecule has 106 valence electrons. The molecule has 2 amide bonds. The van der Waals surface area contributed by atoms with E-state index in [1.165, 1.54) is 18.4 Å². The monoisotopic (exact) mass is 406 g/mol. The van der Waals surface area contributed by atoms with Crippen molar-refractivity contribution in [1.29, 1.82) is 0 Å². The van der Waals surface area contributed by atoms with E-state index in [4.69, 9.17) is 0 Å². The van der Waals surface area contributed by atoms with Crippen molar-refractivity contribution in [1.82, 2.24) is 10.2 Å². The Balaban J connectivity index is 2.48. The minimum absolute atomic E-state index is 0.402. The lowest BCUT2D eigenvalue weighted by Crippen LogP contribution is -2.41. The molecule has 9 heteroatoms. The van der Waals surface area contributed by atoms with E-state index in [9.17, 15) is 22.8 Å². The molecule has 0 unspecified atom stereocenters. The molecule has 0 saturated heterocycles. The van der Waals surface area contributed by atoms with Crippen molar-refractivity contribution in [2.75, 3.05) is 20.1 Å². The number of nitrogens with zero attached hydrogens (tertiary/aromatic N) is 1. The lowest BCUT2D eigenvalue weighted by molar-refractivity contribution is -0.138. The van der Waals surface area contributed by atoms with Gasteiger partial charge in [-0.2, -0.15) is 13.2 Å². The van der Waals surface area contributed by atoms with Crippen molar-refractivity contribution < 1.29 is 22.8 Å². The molecule has 0 saturated carbocycles. The van der Waals surface area contributed by atoms with Crippen LogP contribution in [0.3, 0.4) is 0 Å². The molecule has 0 radical (unpaired) electrons. The second kappa shape index (κ2) is 6.55. The average Bonchev–Trinajstić information content (AvgIpc) is 2.71. The summed E-state index contributed by atoms with van der Waals surface area (Å²) in [5.74, 6) is -1.25. The Hall–Kier alpha value is -0.840. The third-order valence-corrected chi connectivity index (χ3v) is 3.82. The van der Waals surface area contributed by atoms with E-state index in [2.05, 4.69) is 0 Å². The molecule has 0 spiro atoms. The van der Waals surface area contributed by atoms with Gasteiger partial charge in [-0.15, -0.1) is 11.3 Å². The highest BCUT2D eigenvalue weighted by Crippen LogP contribution is 2.17. The van der Waals surface area contributed by atoms with Crippen LogP contribution in [-0.2, 0) is 4.79 Å². The Bertz CT molecular complexity index is 476. The maximum Gasteiger partial charge on any atom is 0.405 e. The lowest BCUT2D eigenvalue weighted by atomic mass is 10.3. The summed E-state index contributed by atoms with van der Waals surface area (Å²) in [5, 5.41) is 3.34. The van der Waals surface area contributed by atoms with E-state index in [0.29, 0.717) is 5.56 Å². The van der Waals surface area contributed by atoms with Gasteiger partial charge in [-0.3, -0.25) is 9.59 Å². The highest BCUT2D eigenvalue weighted by molar-refractivity contribution is 14.1. The molecule has 1 aromatic rings. The lowest BCUT2D eigenvalue weighted by Gasteiger charge is -2.16. The van der Waals surface area contributed by atoms with Crippen molar-refractivity contribution >= 4 is 45.7 Å². The highest BCUT2D eigenvalue weighted by Gasteiger charge is 2.28. The number of carbonyl (C=O) groups is 2. The summed E-state index contributed by atoms with van der Waals surface area (Å²) >= 11 is 3.42. The molecule has 19 heavy (non-hydrogen) atoms. The zero-order chi connectivity index (χ0) is 14.6. The zero-order valence-electron chi connectivity index (χ0n) is 9.75. The summed E-state index contributed by atoms with van der Waals surface area (Å²) in [6.07, 6.45) is -4.46. The van der Waals surface area contributed by atoms with Crippen molar-refractivity contribution in [3.63, 3.8) is 0 Å². The van der Waals surface area contributed by atoms with Gasteiger partial charge in [0.15, 0.2) is 0 Å². The van der Waals surface area contributed by atoms with E-state index >= 15 is 0 Å². The summed E-state index contributed by atoms with van der Waals surface area (Å²) in [6, 6.07) is 1.65. The highest BCUT2D eigenvalue weighted by atomic mass is 127. The van der Waals surface area contributed by atoms with Crippen LogP contribution < -0.4 is 5.32 Å². The zero-order valence-corrected chi connectivity index (χ0v) is 12.7. The van der Waals surface area contributed by atoms with Crippen LogP contribution in [-0.4, -0.2) is 43.0 Å². The van der Waals surface area contributed by atoms with Crippen LogP contribution in [0.15, 0.2) is 11.4 Å². The van der Waals surface area contributed by atoms with Crippen molar-refractivity contribution in [2.24, 2.45) is 0 Å². The molecule has 0 fully saturated rings. The number of rotatable bonds is 4. The molecular weight excluding hydrogens is 396 g/mol. The first-order valence-corrected chi connectivity index (χ1v) is 6.98. The van der Waals surface area contributed by atoms with Crippen molar-refractivity contribution in [3.05, 3.63) is 19.9 Å². The Labute approximate surface area is 125 Å². The van der Waals surface area contributed by atoms with E-state index in [0.717, 1.165) is 7.78 Å². The molecule has 0 aliphatic heterocycles. The molecular formula is C10H10F3IN2O2S. The Morgan fingerprint density at radius 2 is 2.11 bits per heavy atom. The number of hydrogen-bond donors (Lipinski definition) is 1. The van der Waals surface area contributed by atoms with E-state index < -0.39 is 31.1 Å². The van der Waals surface area contributed by atoms with Crippen LogP contribution >= 0.6 is 33.9 Å². The first-order chi connectivity index (χ1) is 8.69. The van der Waals surface area contributed by atoms with Gasteiger partial charge in [0.25, 0.3) is 5.91 Å².